The Balaban J connectivity index is 1.17. The lowest BCUT2D eigenvalue weighted by atomic mass is 9.96. The summed E-state index contributed by atoms with van der Waals surface area (Å²) in [5, 5.41) is 5.72. The molecular formula is C35H37BrN4O4S2. The molecule has 1 aliphatic rings. The van der Waals surface area contributed by atoms with Gasteiger partial charge in [0, 0.05) is 37.4 Å². The van der Waals surface area contributed by atoms with E-state index in [-0.39, 0.29) is 22.0 Å². The van der Waals surface area contributed by atoms with E-state index in [9.17, 15) is 13.2 Å². The quantitative estimate of drug-likeness (QED) is 0.176. The van der Waals surface area contributed by atoms with Gasteiger partial charge in [0.25, 0.3) is 5.91 Å². The van der Waals surface area contributed by atoms with Gasteiger partial charge in [-0.1, -0.05) is 74.5 Å². The topological polar surface area (TPSA) is 91.0 Å². The van der Waals surface area contributed by atoms with Crippen LogP contribution < -0.4 is 15.4 Å². The molecule has 4 aromatic rings. The van der Waals surface area contributed by atoms with E-state index in [4.69, 9.17) is 17.0 Å². The number of rotatable bonds is 10. The summed E-state index contributed by atoms with van der Waals surface area (Å²) in [6.45, 7) is 6.67. The Morgan fingerprint density at radius 3 is 2.00 bits per heavy atom. The minimum atomic E-state index is -3.70. The highest BCUT2D eigenvalue weighted by atomic mass is 79.9. The second-order valence-electron chi connectivity index (χ2n) is 11.4. The minimum absolute atomic E-state index is 0.0477. The first kappa shape index (κ1) is 33.7. The lowest BCUT2D eigenvalue weighted by molar-refractivity contribution is 0.0977. The van der Waals surface area contributed by atoms with Crippen LogP contribution >= 0.6 is 28.1 Å². The molecule has 0 aromatic heterocycles. The summed E-state index contributed by atoms with van der Waals surface area (Å²) in [6, 6.07) is 32.1. The van der Waals surface area contributed by atoms with Crippen LogP contribution in [0, 0.1) is 5.92 Å². The van der Waals surface area contributed by atoms with Crippen LogP contribution in [-0.4, -0.2) is 61.4 Å². The van der Waals surface area contributed by atoms with Crippen LogP contribution in [0.1, 0.15) is 41.4 Å². The Labute approximate surface area is 284 Å². The van der Waals surface area contributed by atoms with E-state index in [1.807, 2.05) is 36.4 Å². The van der Waals surface area contributed by atoms with Crippen molar-refractivity contribution < 1.29 is 17.9 Å². The van der Waals surface area contributed by atoms with E-state index in [2.05, 4.69) is 69.6 Å². The predicted molar refractivity (Wildman–Crippen MR) is 190 cm³/mol. The number of thiocarbonyl (C=S) groups is 1. The van der Waals surface area contributed by atoms with E-state index in [1.165, 1.54) is 11.1 Å². The van der Waals surface area contributed by atoms with E-state index in [1.54, 1.807) is 46.8 Å². The molecule has 1 fully saturated rings. The highest BCUT2D eigenvalue weighted by molar-refractivity contribution is 9.10. The first-order valence-corrected chi connectivity index (χ1v) is 17.7. The number of carbonyl (C=O) groups is 1. The summed E-state index contributed by atoms with van der Waals surface area (Å²) < 4.78 is 35.1. The van der Waals surface area contributed by atoms with Gasteiger partial charge in [-0.3, -0.25) is 15.0 Å². The zero-order valence-electron chi connectivity index (χ0n) is 25.7. The lowest BCUT2D eigenvalue weighted by Gasteiger charge is -2.39. The zero-order valence-corrected chi connectivity index (χ0v) is 28.9. The van der Waals surface area contributed by atoms with Gasteiger partial charge in [0.2, 0.25) is 10.0 Å². The molecule has 0 bridgehead atoms. The molecule has 46 heavy (non-hydrogen) atoms. The summed E-state index contributed by atoms with van der Waals surface area (Å²) in [5.41, 5.74) is 3.33. The highest BCUT2D eigenvalue weighted by Crippen LogP contribution is 2.31. The van der Waals surface area contributed by atoms with Crippen LogP contribution in [0.25, 0.3) is 0 Å². The van der Waals surface area contributed by atoms with Crippen LogP contribution in [0.4, 0.5) is 5.69 Å². The first-order valence-electron chi connectivity index (χ1n) is 15.1. The van der Waals surface area contributed by atoms with Gasteiger partial charge in [0.15, 0.2) is 5.11 Å². The summed E-state index contributed by atoms with van der Waals surface area (Å²) >= 11 is 8.80. The Kier molecular flexibility index (Phi) is 11.2. The zero-order chi connectivity index (χ0) is 32.7. The maximum absolute atomic E-state index is 13.6. The van der Waals surface area contributed by atoms with Gasteiger partial charge < -0.3 is 10.1 Å². The molecule has 0 spiro atoms. The SMILES string of the molecule is CC(C)COc1ccc(C(=O)NC(=S)Nc2ccc(S(=O)(=O)N3CCN(C(c4ccccc4)c4ccccc4)CC3)cc2)cc1Br. The smallest absolute Gasteiger partial charge is 0.257 e. The van der Waals surface area contributed by atoms with Crippen LogP contribution in [0.3, 0.4) is 0 Å². The van der Waals surface area contributed by atoms with Crippen molar-refractivity contribution in [1.82, 2.24) is 14.5 Å². The van der Waals surface area contributed by atoms with Gasteiger partial charge in [0.05, 0.1) is 22.0 Å². The number of ether oxygens (including phenoxy) is 1. The average molecular weight is 722 g/mol. The minimum Gasteiger partial charge on any atom is -0.492 e. The summed E-state index contributed by atoms with van der Waals surface area (Å²) in [7, 11) is -3.70. The van der Waals surface area contributed by atoms with Crippen molar-refractivity contribution in [2.45, 2.75) is 24.8 Å². The van der Waals surface area contributed by atoms with E-state index in [0.29, 0.717) is 60.2 Å². The molecule has 4 aromatic carbocycles. The number of anilines is 1. The molecule has 0 radical (unpaired) electrons. The summed E-state index contributed by atoms with van der Waals surface area (Å²) in [4.78, 5) is 15.3. The number of nitrogens with one attached hydrogen (secondary N) is 2. The molecule has 8 nitrogen and oxygen atoms in total. The van der Waals surface area contributed by atoms with Crippen molar-refractivity contribution in [3.63, 3.8) is 0 Å². The van der Waals surface area contributed by atoms with Gasteiger partial charge in [-0.15, -0.1) is 0 Å². The molecule has 240 valence electrons. The van der Waals surface area contributed by atoms with Gasteiger partial charge in [-0.05, 0) is 87.7 Å². The molecule has 0 saturated carbocycles. The third-order valence-electron chi connectivity index (χ3n) is 7.61. The third kappa shape index (κ3) is 8.40. The molecule has 1 heterocycles. The van der Waals surface area contributed by atoms with Gasteiger partial charge in [0.1, 0.15) is 5.75 Å². The monoisotopic (exact) mass is 720 g/mol. The number of benzene rings is 4. The Bertz CT molecular complexity index is 1710. The van der Waals surface area contributed by atoms with E-state index in [0.717, 1.165) is 0 Å². The molecule has 1 saturated heterocycles. The molecule has 0 unspecified atom stereocenters. The number of hydrogen-bond acceptors (Lipinski definition) is 6. The van der Waals surface area contributed by atoms with Crippen LogP contribution in [-0.2, 0) is 10.0 Å². The Morgan fingerprint density at radius 2 is 1.46 bits per heavy atom. The molecule has 5 rings (SSSR count). The lowest BCUT2D eigenvalue weighted by Crippen LogP contribution is -2.49. The first-order chi connectivity index (χ1) is 22.1. The van der Waals surface area contributed by atoms with Gasteiger partial charge in [-0.25, -0.2) is 8.42 Å². The Morgan fingerprint density at radius 1 is 0.870 bits per heavy atom. The number of carbonyl (C=O) groups excluding carboxylic acids is 1. The highest BCUT2D eigenvalue weighted by Gasteiger charge is 2.32. The molecule has 2 N–H and O–H groups in total. The Hall–Kier alpha value is -3.61. The van der Waals surface area contributed by atoms with Crippen molar-refractivity contribution in [2.24, 2.45) is 5.92 Å². The summed E-state index contributed by atoms with van der Waals surface area (Å²) in [6.07, 6.45) is 0. The van der Waals surface area contributed by atoms with E-state index < -0.39 is 10.0 Å². The van der Waals surface area contributed by atoms with Crippen molar-refractivity contribution >= 4 is 54.9 Å². The third-order valence-corrected chi connectivity index (χ3v) is 10.3. The van der Waals surface area contributed by atoms with Crippen LogP contribution in [0.2, 0.25) is 0 Å². The molecule has 1 amide bonds. The fraction of sp³-hybridized carbons (Fsp3) is 0.257. The fourth-order valence-electron chi connectivity index (χ4n) is 5.30. The van der Waals surface area contributed by atoms with Crippen LogP contribution in [0.5, 0.6) is 5.75 Å². The molecule has 0 atom stereocenters. The van der Waals surface area contributed by atoms with Crippen molar-refractivity contribution in [2.75, 3.05) is 38.1 Å². The standard InChI is InChI=1S/C35H37BrN4O4S2/c1-25(2)24-44-32-18-13-28(23-31(32)36)34(41)38-35(45)37-29-14-16-30(17-15-29)46(42,43)40-21-19-39(20-22-40)33(26-9-5-3-6-10-26)27-11-7-4-8-12-27/h3-18,23,25,33H,19-22,24H2,1-2H3,(H2,37,38,41,45). The van der Waals surface area contributed by atoms with Crippen molar-refractivity contribution in [3.8, 4) is 5.75 Å². The van der Waals surface area contributed by atoms with Crippen molar-refractivity contribution in [1.29, 1.82) is 0 Å². The molecule has 0 aliphatic carbocycles. The number of hydrogen-bond donors (Lipinski definition) is 2. The number of piperazine rings is 1. The predicted octanol–water partition coefficient (Wildman–Crippen LogP) is 6.71. The number of nitrogens with zero attached hydrogens (tertiary/aromatic N) is 2. The maximum atomic E-state index is 13.6. The second kappa shape index (κ2) is 15.3. The fourth-order valence-corrected chi connectivity index (χ4v) is 7.43. The number of amides is 1. The van der Waals surface area contributed by atoms with Gasteiger partial charge >= 0.3 is 0 Å². The normalized spacial score (nSPS) is 14.3. The molecular weight excluding hydrogens is 684 g/mol. The second-order valence-corrected chi connectivity index (χ2v) is 14.6. The van der Waals surface area contributed by atoms with E-state index >= 15 is 0 Å². The van der Waals surface area contributed by atoms with Crippen LogP contribution in [0.15, 0.2) is 112 Å². The van der Waals surface area contributed by atoms with Crippen molar-refractivity contribution in [3.05, 3.63) is 124 Å². The van der Waals surface area contributed by atoms with Gasteiger partial charge in [-0.2, -0.15) is 4.31 Å². The maximum Gasteiger partial charge on any atom is 0.257 e. The number of halogens is 1. The number of sulfonamides is 1. The molecule has 11 heteroatoms. The summed E-state index contributed by atoms with van der Waals surface area (Å²) in [5.74, 6) is 0.654. The average Bonchev–Trinajstić information content (AvgIpc) is 3.05. The largest absolute Gasteiger partial charge is 0.492 e. The molecule has 1 aliphatic heterocycles.